The van der Waals surface area contributed by atoms with Crippen LogP contribution in [0.4, 0.5) is 0 Å². The quantitative estimate of drug-likeness (QED) is 0.911. The van der Waals surface area contributed by atoms with E-state index in [9.17, 15) is 14.7 Å². The molecule has 0 bridgehead atoms. The molecule has 1 saturated heterocycles. The van der Waals surface area contributed by atoms with Gasteiger partial charge in [0.25, 0.3) is 0 Å². The van der Waals surface area contributed by atoms with Crippen molar-refractivity contribution in [1.29, 1.82) is 0 Å². The van der Waals surface area contributed by atoms with Crippen LogP contribution in [0.2, 0.25) is 0 Å². The lowest BCUT2D eigenvalue weighted by Gasteiger charge is -2.40. The molecule has 1 heterocycles. The van der Waals surface area contributed by atoms with Crippen molar-refractivity contribution in [3.63, 3.8) is 0 Å². The van der Waals surface area contributed by atoms with Gasteiger partial charge >= 0.3 is 5.97 Å². The molecular formula is C20H27NO4. The first kappa shape index (κ1) is 17.8. The van der Waals surface area contributed by atoms with Crippen LogP contribution in [0.5, 0.6) is 5.75 Å². The summed E-state index contributed by atoms with van der Waals surface area (Å²) in [6.45, 7) is 3.01. The third-order valence-corrected chi connectivity index (χ3v) is 6.02. The van der Waals surface area contributed by atoms with E-state index in [0.29, 0.717) is 19.5 Å². The average Bonchev–Trinajstić information content (AvgIpc) is 3.11. The number of ether oxygens (including phenoxy) is 1. The van der Waals surface area contributed by atoms with E-state index in [4.69, 9.17) is 4.74 Å². The minimum Gasteiger partial charge on any atom is -0.497 e. The van der Waals surface area contributed by atoms with Gasteiger partial charge in [0.15, 0.2) is 0 Å². The monoisotopic (exact) mass is 345 g/mol. The summed E-state index contributed by atoms with van der Waals surface area (Å²) in [5, 5.41) is 9.31. The smallest absolute Gasteiger partial charge is 0.306 e. The van der Waals surface area contributed by atoms with Gasteiger partial charge < -0.3 is 14.7 Å². The Bertz CT molecular complexity index is 634. The SMILES string of the molecule is COc1ccc(C2(C(=O)N3CCC(C(=O)O)C(C)C3)CCCC2)cc1. The number of hydrogen-bond donors (Lipinski definition) is 1. The number of likely N-dealkylation sites (tertiary alicyclic amines) is 1. The second-order valence-electron chi connectivity index (χ2n) is 7.48. The Morgan fingerprint density at radius 2 is 1.84 bits per heavy atom. The molecule has 1 N–H and O–H groups in total. The molecule has 3 rings (SSSR count). The maximum atomic E-state index is 13.4. The van der Waals surface area contributed by atoms with E-state index in [1.807, 2.05) is 36.1 Å². The van der Waals surface area contributed by atoms with Crippen LogP contribution in [-0.4, -0.2) is 42.1 Å². The van der Waals surface area contributed by atoms with Crippen LogP contribution >= 0.6 is 0 Å². The Morgan fingerprint density at radius 1 is 1.20 bits per heavy atom. The predicted molar refractivity (Wildman–Crippen MR) is 94.6 cm³/mol. The van der Waals surface area contributed by atoms with Crippen LogP contribution in [0.3, 0.4) is 0 Å². The minimum atomic E-state index is -0.745. The zero-order valence-electron chi connectivity index (χ0n) is 15.0. The Balaban J connectivity index is 1.83. The number of methoxy groups -OCH3 is 1. The van der Waals surface area contributed by atoms with Gasteiger partial charge in [-0.05, 0) is 42.9 Å². The highest BCUT2D eigenvalue weighted by Crippen LogP contribution is 2.44. The summed E-state index contributed by atoms with van der Waals surface area (Å²) < 4.78 is 5.24. The third-order valence-electron chi connectivity index (χ3n) is 6.02. The highest BCUT2D eigenvalue weighted by atomic mass is 16.5. The van der Waals surface area contributed by atoms with Gasteiger partial charge in [-0.3, -0.25) is 9.59 Å². The van der Waals surface area contributed by atoms with Crippen molar-refractivity contribution in [3.05, 3.63) is 29.8 Å². The molecule has 136 valence electrons. The highest BCUT2D eigenvalue weighted by Gasteiger charge is 2.46. The standard InChI is InChI=1S/C20H27NO4/c1-14-13-21(12-9-17(14)18(22)23)19(24)20(10-3-4-11-20)15-5-7-16(25-2)8-6-15/h5-8,14,17H,3-4,9-13H2,1-2H3,(H,22,23). The molecule has 2 atom stereocenters. The van der Waals surface area contributed by atoms with Crippen molar-refractivity contribution in [3.8, 4) is 5.75 Å². The topological polar surface area (TPSA) is 66.8 Å². The van der Waals surface area contributed by atoms with Crippen molar-refractivity contribution in [1.82, 2.24) is 4.90 Å². The summed E-state index contributed by atoms with van der Waals surface area (Å²) >= 11 is 0. The molecule has 2 fully saturated rings. The number of carboxylic acids is 1. The summed E-state index contributed by atoms with van der Waals surface area (Å²) in [7, 11) is 1.64. The molecule has 0 spiro atoms. The first-order valence-corrected chi connectivity index (χ1v) is 9.14. The van der Waals surface area contributed by atoms with Crippen LogP contribution in [0, 0.1) is 11.8 Å². The summed E-state index contributed by atoms with van der Waals surface area (Å²) in [6, 6.07) is 7.86. The molecule has 25 heavy (non-hydrogen) atoms. The summed E-state index contributed by atoms with van der Waals surface area (Å²) in [5.74, 6) is -0.134. The predicted octanol–water partition coefficient (Wildman–Crippen LogP) is 3.08. The number of benzene rings is 1. The number of piperidine rings is 1. The fourth-order valence-electron chi connectivity index (χ4n) is 4.51. The number of carbonyl (C=O) groups is 2. The molecular weight excluding hydrogens is 318 g/mol. The lowest BCUT2D eigenvalue weighted by atomic mass is 9.76. The lowest BCUT2D eigenvalue weighted by Crippen LogP contribution is -2.51. The van der Waals surface area contributed by atoms with Crippen LogP contribution in [0.25, 0.3) is 0 Å². The molecule has 1 aromatic carbocycles. The van der Waals surface area contributed by atoms with E-state index >= 15 is 0 Å². The van der Waals surface area contributed by atoms with E-state index in [0.717, 1.165) is 37.0 Å². The van der Waals surface area contributed by atoms with E-state index in [1.54, 1.807) is 7.11 Å². The molecule has 1 aliphatic heterocycles. The first-order valence-electron chi connectivity index (χ1n) is 9.14. The van der Waals surface area contributed by atoms with Crippen molar-refractivity contribution >= 4 is 11.9 Å². The van der Waals surface area contributed by atoms with Gasteiger partial charge in [-0.25, -0.2) is 0 Å². The molecule has 0 aromatic heterocycles. The molecule has 0 radical (unpaired) electrons. The molecule has 1 saturated carbocycles. The normalized spacial score (nSPS) is 25.6. The summed E-state index contributed by atoms with van der Waals surface area (Å²) in [4.78, 5) is 26.7. The van der Waals surface area contributed by atoms with Crippen molar-refractivity contribution in [2.45, 2.75) is 44.4 Å². The van der Waals surface area contributed by atoms with Gasteiger partial charge in [-0.15, -0.1) is 0 Å². The van der Waals surface area contributed by atoms with E-state index in [1.165, 1.54) is 0 Å². The van der Waals surface area contributed by atoms with Crippen LogP contribution in [0.15, 0.2) is 24.3 Å². The van der Waals surface area contributed by atoms with Gasteiger partial charge in [-0.2, -0.15) is 0 Å². The van der Waals surface area contributed by atoms with Gasteiger partial charge in [0.2, 0.25) is 5.91 Å². The Kier molecular flexibility index (Phi) is 5.02. The number of carboxylic acid groups (broad SMARTS) is 1. The summed E-state index contributed by atoms with van der Waals surface area (Å²) in [5.41, 5.74) is 0.603. The van der Waals surface area contributed by atoms with E-state index < -0.39 is 11.4 Å². The maximum Gasteiger partial charge on any atom is 0.306 e. The average molecular weight is 345 g/mol. The van der Waals surface area contributed by atoms with Crippen molar-refractivity contribution in [2.75, 3.05) is 20.2 Å². The second-order valence-corrected chi connectivity index (χ2v) is 7.48. The number of nitrogens with zero attached hydrogens (tertiary/aromatic N) is 1. The minimum absolute atomic E-state index is 0.00970. The van der Waals surface area contributed by atoms with Gasteiger partial charge in [0.1, 0.15) is 5.75 Å². The van der Waals surface area contributed by atoms with E-state index in [2.05, 4.69) is 0 Å². The van der Waals surface area contributed by atoms with Crippen LogP contribution in [0.1, 0.15) is 44.6 Å². The number of rotatable bonds is 4. The Hall–Kier alpha value is -2.04. The fraction of sp³-hybridized carbons (Fsp3) is 0.600. The number of hydrogen-bond acceptors (Lipinski definition) is 3. The molecule has 1 amide bonds. The summed E-state index contributed by atoms with van der Waals surface area (Å²) in [6.07, 6.45) is 4.38. The fourth-order valence-corrected chi connectivity index (χ4v) is 4.51. The maximum absolute atomic E-state index is 13.4. The first-order chi connectivity index (χ1) is 12.0. The number of amides is 1. The number of carbonyl (C=O) groups excluding carboxylic acids is 1. The van der Waals surface area contributed by atoms with Crippen LogP contribution < -0.4 is 4.74 Å². The third kappa shape index (κ3) is 3.24. The van der Waals surface area contributed by atoms with Crippen molar-refractivity contribution < 1.29 is 19.4 Å². The van der Waals surface area contributed by atoms with Gasteiger partial charge in [-0.1, -0.05) is 31.9 Å². The molecule has 5 nitrogen and oxygen atoms in total. The second kappa shape index (κ2) is 7.06. The van der Waals surface area contributed by atoms with Crippen molar-refractivity contribution in [2.24, 2.45) is 11.8 Å². The Morgan fingerprint density at radius 3 is 2.36 bits per heavy atom. The zero-order chi connectivity index (χ0) is 18.0. The molecule has 2 unspecified atom stereocenters. The molecule has 5 heteroatoms. The highest BCUT2D eigenvalue weighted by molar-refractivity contribution is 5.89. The van der Waals surface area contributed by atoms with Gasteiger partial charge in [0.05, 0.1) is 18.4 Å². The number of aliphatic carboxylic acids is 1. The zero-order valence-corrected chi connectivity index (χ0v) is 15.0. The lowest BCUT2D eigenvalue weighted by molar-refractivity contribution is -0.150. The molecule has 1 aliphatic carbocycles. The molecule has 2 aliphatic rings. The largest absolute Gasteiger partial charge is 0.497 e. The van der Waals surface area contributed by atoms with Gasteiger partial charge in [0, 0.05) is 13.1 Å². The van der Waals surface area contributed by atoms with Crippen LogP contribution in [-0.2, 0) is 15.0 Å². The van der Waals surface area contributed by atoms with E-state index in [-0.39, 0.29) is 17.7 Å². The Labute approximate surface area is 149 Å². The molecule has 1 aromatic rings.